The molecule has 7 nitrogen and oxygen atoms in total. The number of nitrogens with one attached hydrogen (secondary N) is 2. The maximum absolute atomic E-state index is 14.0. The van der Waals surface area contributed by atoms with Gasteiger partial charge >= 0.3 is 0 Å². The van der Waals surface area contributed by atoms with Gasteiger partial charge in [-0.05, 0) is 24.3 Å². The lowest BCUT2D eigenvalue weighted by molar-refractivity contribution is -0.143. The Bertz CT molecular complexity index is 856. The quantitative estimate of drug-likeness (QED) is 0.373. The van der Waals surface area contributed by atoms with Crippen LogP contribution in [0.5, 0.6) is 0 Å². The lowest BCUT2D eigenvalue weighted by Crippen LogP contribution is -2.49. The Morgan fingerprint density at radius 3 is 2.42 bits per heavy atom. The first-order valence-corrected chi connectivity index (χ1v) is 12.2. The number of rotatable bonds is 10. The van der Waals surface area contributed by atoms with Gasteiger partial charge in [-0.15, -0.1) is 0 Å². The highest BCUT2D eigenvalue weighted by Gasteiger charge is 2.58. The van der Waals surface area contributed by atoms with E-state index >= 15 is 0 Å². The first-order chi connectivity index (χ1) is 16.0. The lowest BCUT2D eigenvalue weighted by Gasteiger charge is -2.34. The van der Waals surface area contributed by atoms with E-state index < -0.39 is 29.8 Å². The second kappa shape index (κ2) is 11.5. The Labute approximate surface area is 196 Å². The van der Waals surface area contributed by atoms with Crippen molar-refractivity contribution in [2.24, 2.45) is 23.7 Å². The highest BCUT2D eigenvalue weighted by Crippen LogP contribution is 2.47. The number of benzene rings is 1. The number of allylic oxidation sites excluding steroid dienone is 1. The fourth-order valence-electron chi connectivity index (χ4n) is 5.43. The van der Waals surface area contributed by atoms with Crippen molar-refractivity contribution in [3.8, 4) is 0 Å². The van der Waals surface area contributed by atoms with Crippen molar-refractivity contribution in [1.29, 1.82) is 0 Å². The summed E-state index contributed by atoms with van der Waals surface area (Å²) in [5.41, 5.74) is 0.768. The number of unbranched alkanes of at least 4 members (excludes halogenated alkanes) is 1. The van der Waals surface area contributed by atoms with Gasteiger partial charge in [0, 0.05) is 19.5 Å². The van der Waals surface area contributed by atoms with Gasteiger partial charge in [-0.2, -0.15) is 0 Å². The Morgan fingerprint density at radius 1 is 1.09 bits per heavy atom. The SMILES string of the molecule is CCCCNC(=O)[C@@H]1[C@H]2C=C[C@@H](CCC)[C@@H](C(=O)NC)[C@@H]2C(=O)N1[C@H](CO)c1ccccc1. The van der Waals surface area contributed by atoms with E-state index in [1.807, 2.05) is 42.5 Å². The van der Waals surface area contributed by atoms with Crippen molar-refractivity contribution >= 4 is 17.7 Å². The van der Waals surface area contributed by atoms with Crippen molar-refractivity contribution in [2.75, 3.05) is 20.2 Å². The molecule has 1 aromatic rings. The van der Waals surface area contributed by atoms with Gasteiger partial charge in [0.1, 0.15) is 6.04 Å². The van der Waals surface area contributed by atoms with Crippen LogP contribution in [0.4, 0.5) is 0 Å². The van der Waals surface area contributed by atoms with Gasteiger partial charge in [-0.3, -0.25) is 14.4 Å². The molecule has 1 aromatic carbocycles. The summed E-state index contributed by atoms with van der Waals surface area (Å²) in [5.74, 6) is -2.30. The van der Waals surface area contributed by atoms with Crippen molar-refractivity contribution in [3.63, 3.8) is 0 Å². The number of amides is 3. The number of fused-ring (bicyclic) bond motifs is 1. The van der Waals surface area contributed by atoms with E-state index in [-0.39, 0.29) is 30.2 Å². The molecular weight excluding hydrogens is 418 g/mol. The lowest BCUT2D eigenvalue weighted by atomic mass is 9.68. The third-order valence-electron chi connectivity index (χ3n) is 7.01. The second-order valence-corrected chi connectivity index (χ2v) is 9.02. The summed E-state index contributed by atoms with van der Waals surface area (Å²) in [7, 11) is 1.59. The normalized spacial score (nSPS) is 27.2. The molecule has 0 saturated carbocycles. The van der Waals surface area contributed by atoms with Crippen LogP contribution < -0.4 is 10.6 Å². The molecule has 1 aliphatic carbocycles. The van der Waals surface area contributed by atoms with E-state index in [0.717, 1.165) is 31.2 Å². The Morgan fingerprint density at radius 2 is 1.82 bits per heavy atom. The number of carbonyl (C=O) groups excluding carboxylic acids is 3. The summed E-state index contributed by atoms with van der Waals surface area (Å²) in [5, 5.41) is 16.1. The smallest absolute Gasteiger partial charge is 0.243 e. The molecule has 0 radical (unpaired) electrons. The van der Waals surface area contributed by atoms with Gasteiger partial charge < -0.3 is 20.6 Å². The fourth-order valence-corrected chi connectivity index (χ4v) is 5.43. The summed E-state index contributed by atoms with van der Waals surface area (Å²) in [4.78, 5) is 41.9. The van der Waals surface area contributed by atoms with Crippen LogP contribution in [0.25, 0.3) is 0 Å². The van der Waals surface area contributed by atoms with Crippen LogP contribution in [-0.2, 0) is 14.4 Å². The van der Waals surface area contributed by atoms with Crippen molar-refractivity contribution in [1.82, 2.24) is 15.5 Å². The Balaban J connectivity index is 2.06. The number of aliphatic hydroxyl groups is 1. The first-order valence-electron chi connectivity index (χ1n) is 12.2. The molecule has 0 aromatic heterocycles. The average Bonchev–Trinajstić information content (AvgIpc) is 3.12. The number of carbonyl (C=O) groups is 3. The summed E-state index contributed by atoms with van der Waals surface area (Å²) < 4.78 is 0. The second-order valence-electron chi connectivity index (χ2n) is 9.02. The minimum atomic E-state index is -0.775. The molecule has 2 aliphatic rings. The molecule has 0 unspecified atom stereocenters. The van der Waals surface area contributed by atoms with E-state index in [1.54, 1.807) is 11.9 Å². The molecule has 3 rings (SSSR count). The molecule has 1 aliphatic heterocycles. The van der Waals surface area contributed by atoms with Crippen molar-refractivity contribution in [2.45, 2.75) is 51.6 Å². The molecule has 180 valence electrons. The van der Waals surface area contributed by atoms with E-state index in [2.05, 4.69) is 24.5 Å². The Kier molecular flexibility index (Phi) is 8.67. The molecule has 3 N–H and O–H groups in total. The molecule has 1 fully saturated rings. The van der Waals surface area contributed by atoms with Crippen LogP contribution in [0.3, 0.4) is 0 Å². The molecule has 0 spiro atoms. The molecule has 1 saturated heterocycles. The van der Waals surface area contributed by atoms with Gasteiger partial charge in [-0.1, -0.05) is 69.2 Å². The summed E-state index contributed by atoms with van der Waals surface area (Å²) in [6, 6.07) is 7.86. The zero-order chi connectivity index (χ0) is 24.0. The maximum Gasteiger partial charge on any atom is 0.243 e. The van der Waals surface area contributed by atoms with Crippen LogP contribution in [0.2, 0.25) is 0 Å². The predicted molar refractivity (Wildman–Crippen MR) is 127 cm³/mol. The molecule has 1 heterocycles. The summed E-state index contributed by atoms with van der Waals surface area (Å²) >= 11 is 0. The minimum absolute atomic E-state index is 0.0618. The standard InChI is InChI=1S/C26H37N3O4/c1-4-6-15-28-25(32)23-19-14-13-18(10-5-2)21(24(31)27-3)22(19)26(33)29(23)20(16-30)17-11-8-7-9-12-17/h7-9,11-14,18-23,30H,4-6,10,15-16H2,1-3H3,(H,27,31)(H,28,32)/t18-,19+,20-,21-,22-,23+/m1/s1. The molecular formula is C26H37N3O4. The molecule has 7 heteroatoms. The molecule has 33 heavy (non-hydrogen) atoms. The average molecular weight is 456 g/mol. The van der Waals surface area contributed by atoms with Crippen LogP contribution in [0.15, 0.2) is 42.5 Å². The zero-order valence-corrected chi connectivity index (χ0v) is 19.9. The predicted octanol–water partition coefficient (Wildman–Crippen LogP) is 2.43. The highest BCUT2D eigenvalue weighted by atomic mass is 16.3. The van der Waals surface area contributed by atoms with Gasteiger partial charge in [-0.25, -0.2) is 0 Å². The van der Waals surface area contributed by atoms with Gasteiger partial charge in [0.15, 0.2) is 0 Å². The van der Waals surface area contributed by atoms with Crippen LogP contribution in [0.1, 0.15) is 51.1 Å². The Hall–Kier alpha value is -2.67. The van der Waals surface area contributed by atoms with Crippen molar-refractivity contribution in [3.05, 3.63) is 48.0 Å². The third-order valence-corrected chi connectivity index (χ3v) is 7.01. The maximum atomic E-state index is 14.0. The highest BCUT2D eigenvalue weighted by molar-refractivity contribution is 5.97. The monoisotopic (exact) mass is 455 g/mol. The summed E-state index contributed by atoms with van der Waals surface area (Å²) in [6.45, 7) is 4.34. The van der Waals surface area contributed by atoms with E-state index in [4.69, 9.17) is 0 Å². The first kappa shape index (κ1) is 25.0. The van der Waals surface area contributed by atoms with Gasteiger partial charge in [0.2, 0.25) is 17.7 Å². The largest absolute Gasteiger partial charge is 0.394 e. The van der Waals surface area contributed by atoms with Gasteiger partial charge in [0.05, 0.1) is 24.5 Å². The molecule has 0 bridgehead atoms. The van der Waals surface area contributed by atoms with E-state index in [9.17, 15) is 19.5 Å². The zero-order valence-electron chi connectivity index (χ0n) is 19.9. The van der Waals surface area contributed by atoms with Crippen LogP contribution in [-0.4, -0.2) is 54.0 Å². The third kappa shape index (κ3) is 4.98. The van der Waals surface area contributed by atoms with E-state index in [1.165, 1.54) is 0 Å². The number of hydrogen-bond donors (Lipinski definition) is 3. The van der Waals surface area contributed by atoms with Crippen molar-refractivity contribution < 1.29 is 19.5 Å². The van der Waals surface area contributed by atoms with Gasteiger partial charge in [0.25, 0.3) is 0 Å². The fraction of sp³-hybridized carbons (Fsp3) is 0.577. The molecule has 6 atom stereocenters. The van der Waals surface area contributed by atoms with Crippen LogP contribution in [0, 0.1) is 23.7 Å². The number of likely N-dealkylation sites (tertiary alicyclic amines) is 1. The number of nitrogens with zero attached hydrogens (tertiary/aromatic N) is 1. The number of aliphatic hydroxyl groups excluding tert-OH is 1. The topological polar surface area (TPSA) is 98.7 Å². The minimum Gasteiger partial charge on any atom is -0.394 e. The van der Waals surface area contributed by atoms with Crippen LogP contribution >= 0.6 is 0 Å². The van der Waals surface area contributed by atoms with E-state index in [0.29, 0.717) is 6.54 Å². The summed E-state index contributed by atoms with van der Waals surface area (Å²) in [6.07, 6.45) is 7.46. The molecule has 3 amide bonds. The number of hydrogen-bond acceptors (Lipinski definition) is 4.